The minimum Gasteiger partial charge on any atom is -0.330 e. The number of nitrogens with two attached hydrogens (primary N) is 1. The Morgan fingerprint density at radius 3 is 2.67 bits per heavy atom. The number of nitrogens with zero attached hydrogens (tertiary/aromatic N) is 3. The van der Waals surface area contributed by atoms with Crippen molar-refractivity contribution in [3.63, 3.8) is 0 Å². The van der Waals surface area contributed by atoms with Gasteiger partial charge in [0.05, 0.1) is 6.20 Å². The van der Waals surface area contributed by atoms with Crippen molar-refractivity contribution < 1.29 is 0 Å². The van der Waals surface area contributed by atoms with Gasteiger partial charge in [-0.3, -0.25) is 4.68 Å². The largest absolute Gasteiger partial charge is 0.330 e. The van der Waals surface area contributed by atoms with E-state index in [0.717, 1.165) is 30.1 Å². The van der Waals surface area contributed by atoms with Crippen molar-refractivity contribution in [3.8, 4) is 11.3 Å². The molecule has 1 aliphatic rings. The second kappa shape index (κ2) is 4.90. The van der Waals surface area contributed by atoms with Crippen molar-refractivity contribution in [3.05, 3.63) is 36.0 Å². The van der Waals surface area contributed by atoms with Crippen molar-refractivity contribution in [2.45, 2.75) is 31.7 Å². The zero-order chi connectivity index (χ0) is 12.4. The molecule has 1 aromatic carbocycles. The molecular formula is C14H18N4. The molecule has 1 aromatic heterocycles. The fraction of sp³-hybridized carbons (Fsp3) is 0.429. The zero-order valence-electron chi connectivity index (χ0n) is 10.4. The number of aryl methyl sites for hydroxylation is 1. The average molecular weight is 242 g/mol. The Morgan fingerprint density at radius 2 is 2.00 bits per heavy atom. The van der Waals surface area contributed by atoms with Gasteiger partial charge >= 0.3 is 0 Å². The fourth-order valence-electron chi connectivity index (χ4n) is 2.14. The van der Waals surface area contributed by atoms with Crippen LogP contribution in [0.15, 0.2) is 30.5 Å². The Morgan fingerprint density at radius 1 is 1.22 bits per heavy atom. The molecule has 1 saturated carbocycles. The van der Waals surface area contributed by atoms with Crippen molar-refractivity contribution in [2.75, 3.05) is 6.54 Å². The van der Waals surface area contributed by atoms with Gasteiger partial charge in [-0.15, -0.1) is 5.10 Å². The van der Waals surface area contributed by atoms with Crippen LogP contribution in [-0.2, 0) is 6.54 Å². The number of hydrogen-bond donors (Lipinski definition) is 1. The number of rotatable bonds is 5. The van der Waals surface area contributed by atoms with Crippen LogP contribution in [0.2, 0.25) is 0 Å². The maximum atomic E-state index is 5.48. The predicted octanol–water partition coefficient (Wildman–Crippen LogP) is 2.17. The Kier molecular flexibility index (Phi) is 3.11. The minimum atomic E-state index is 0.686. The van der Waals surface area contributed by atoms with Crippen LogP contribution in [0.1, 0.15) is 30.7 Å². The van der Waals surface area contributed by atoms with Crippen LogP contribution in [0, 0.1) is 0 Å². The summed E-state index contributed by atoms with van der Waals surface area (Å²) in [5.74, 6) is 0.805. The van der Waals surface area contributed by atoms with E-state index in [1.807, 2.05) is 10.9 Å². The number of benzene rings is 1. The minimum absolute atomic E-state index is 0.686. The molecule has 18 heavy (non-hydrogen) atoms. The first-order valence-electron chi connectivity index (χ1n) is 6.57. The van der Waals surface area contributed by atoms with Gasteiger partial charge in [0.2, 0.25) is 0 Å². The van der Waals surface area contributed by atoms with E-state index in [4.69, 9.17) is 5.73 Å². The van der Waals surface area contributed by atoms with Crippen LogP contribution >= 0.6 is 0 Å². The lowest BCUT2D eigenvalue weighted by Crippen LogP contribution is -2.06. The van der Waals surface area contributed by atoms with E-state index in [0.29, 0.717) is 6.54 Å². The van der Waals surface area contributed by atoms with Gasteiger partial charge in [-0.2, -0.15) is 0 Å². The van der Waals surface area contributed by atoms with Crippen molar-refractivity contribution in [1.29, 1.82) is 0 Å². The lowest BCUT2D eigenvalue weighted by Gasteiger charge is -1.99. The highest BCUT2D eigenvalue weighted by molar-refractivity contribution is 5.58. The van der Waals surface area contributed by atoms with Gasteiger partial charge in [0, 0.05) is 12.1 Å². The molecule has 3 rings (SSSR count). The molecule has 0 amide bonds. The van der Waals surface area contributed by atoms with Crippen LogP contribution < -0.4 is 5.73 Å². The molecule has 4 heteroatoms. The van der Waals surface area contributed by atoms with E-state index in [1.54, 1.807) is 0 Å². The lowest BCUT2D eigenvalue weighted by atomic mass is 10.1. The third-order valence-corrected chi connectivity index (χ3v) is 3.39. The molecule has 2 aromatic rings. The summed E-state index contributed by atoms with van der Waals surface area (Å²) >= 11 is 0. The molecular weight excluding hydrogens is 224 g/mol. The highest BCUT2D eigenvalue weighted by Gasteiger charge is 2.23. The Labute approximate surface area is 107 Å². The van der Waals surface area contributed by atoms with Crippen LogP contribution in [0.5, 0.6) is 0 Å². The van der Waals surface area contributed by atoms with Crippen molar-refractivity contribution in [1.82, 2.24) is 15.0 Å². The molecule has 0 radical (unpaired) electrons. The van der Waals surface area contributed by atoms with Gasteiger partial charge < -0.3 is 5.73 Å². The highest BCUT2D eigenvalue weighted by atomic mass is 15.4. The maximum Gasteiger partial charge on any atom is 0.113 e. The number of aromatic nitrogens is 3. The molecule has 1 heterocycles. The number of hydrogen-bond acceptors (Lipinski definition) is 3. The van der Waals surface area contributed by atoms with Gasteiger partial charge in [-0.05, 0) is 37.3 Å². The van der Waals surface area contributed by atoms with E-state index in [-0.39, 0.29) is 0 Å². The van der Waals surface area contributed by atoms with Crippen LogP contribution in [-0.4, -0.2) is 21.5 Å². The first kappa shape index (κ1) is 11.4. The van der Waals surface area contributed by atoms with Gasteiger partial charge in [0.1, 0.15) is 5.69 Å². The Hall–Kier alpha value is -1.68. The monoisotopic (exact) mass is 242 g/mol. The maximum absolute atomic E-state index is 5.48. The standard InChI is InChI=1S/C14H18N4/c15-8-1-9-18-10-14(16-17-18)13-6-4-12(5-7-13)11-2-3-11/h4-7,10-11H,1-3,8-9,15H2. The summed E-state index contributed by atoms with van der Waals surface area (Å²) in [6.45, 7) is 1.52. The zero-order valence-corrected chi connectivity index (χ0v) is 10.4. The summed E-state index contributed by atoms with van der Waals surface area (Å²) < 4.78 is 1.86. The summed E-state index contributed by atoms with van der Waals surface area (Å²) in [6.07, 6.45) is 5.61. The molecule has 1 fully saturated rings. The van der Waals surface area contributed by atoms with Crippen LogP contribution in [0.3, 0.4) is 0 Å². The molecule has 0 aliphatic heterocycles. The van der Waals surface area contributed by atoms with Gasteiger partial charge in [-0.25, -0.2) is 0 Å². The van der Waals surface area contributed by atoms with E-state index >= 15 is 0 Å². The quantitative estimate of drug-likeness (QED) is 0.874. The predicted molar refractivity (Wildman–Crippen MR) is 71.1 cm³/mol. The van der Waals surface area contributed by atoms with Gasteiger partial charge in [0.15, 0.2) is 0 Å². The summed E-state index contributed by atoms with van der Waals surface area (Å²) in [5, 5.41) is 8.31. The van der Waals surface area contributed by atoms with Crippen molar-refractivity contribution in [2.24, 2.45) is 5.73 Å². The molecule has 0 spiro atoms. The first-order valence-corrected chi connectivity index (χ1v) is 6.57. The molecule has 0 atom stereocenters. The summed E-state index contributed by atoms with van der Waals surface area (Å²) in [4.78, 5) is 0. The van der Waals surface area contributed by atoms with E-state index < -0.39 is 0 Å². The molecule has 0 unspecified atom stereocenters. The lowest BCUT2D eigenvalue weighted by molar-refractivity contribution is 0.564. The SMILES string of the molecule is NCCCn1cc(-c2ccc(C3CC3)cc2)nn1. The summed E-state index contributed by atoms with van der Waals surface area (Å²) in [5.41, 5.74) is 9.01. The third kappa shape index (κ3) is 2.43. The molecule has 94 valence electrons. The molecule has 1 aliphatic carbocycles. The normalized spacial score (nSPS) is 14.9. The van der Waals surface area contributed by atoms with Gasteiger partial charge in [0.25, 0.3) is 0 Å². The smallest absolute Gasteiger partial charge is 0.113 e. The summed E-state index contributed by atoms with van der Waals surface area (Å²) in [6, 6.07) is 8.72. The fourth-order valence-corrected chi connectivity index (χ4v) is 2.14. The van der Waals surface area contributed by atoms with E-state index in [1.165, 1.54) is 18.4 Å². The van der Waals surface area contributed by atoms with Crippen LogP contribution in [0.25, 0.3) is 11.3 Å². The van der Waals surface area contributed by atoms with E-state index in [9.17, 15) is 0 Å². The third-order valence-electron chi connectivity index (χ3n) is 3.39. The molecule has 0 bridgehead atoms. The van der Waals surface area contributed by atoms with Crippen molar-refractivity contribution >= 4 is 0 Å². The molecule has 0 saturated heterocycles. The summed E-state index contributed by atoms with van der Waals surface area (Å²) in [7, 11) is 0. The Bertz CT molecular complexity index is 511. The second-order valence-corrected chi connectivity index (χ2v) is 4.91. The highest BCUT2D eigenvalue weighted by Crippen LogP contribution is 2.40. The van der Waals surface area contributed by atoms with Gasteiger partial charge in [-0.1, -0.05) is 29.5 Å². The average Bonchev–Trinajstić information content (AvgIpc) is 3.16. The van der Waals surface area contributed by atoms with Crippen LogP contribution in [0.4, 0.5) is 0 Å². The topological polar surface area (TPSA) is 56.7 Å². The van der Waals surface area contributed by atoms with E-state index in [2.05, 4.69) is 34.6 Å². The molecule has 4 nitrogen and oxygen atoms in total. The Balaban J connectivity index is 1.74. The molecule has 2 N–H and O–H groups in total. The second-order valence-electron chi connectivity index (χ2n) is 4.91. The first-order chi connectivity index (χ1) is 8.86.